The molecule has 4 rings (SSSR count). The van der Waals surface area contributed by atoms with Gasteiger partial charge < -0.3 is 24.7 Å². The van der Waals surface area contributed by atoms with Gasteiger partial charge in [-0.2, -0.15) is 4.98 Å². The molecule has 0 bridgehead atoms. The zero-order chi connectivity index (χ0) is 23.8. The molecule has 0 amide bonds. The second-order valence-electron chi connectivity index (χ2n) is 9.89. The van der Waals surface area contributed by atoms with Crippen molar-refractivity contribution in [2.45, 2.75) is 65.1 Å². The quantitative estimate of drug-likeness (QED) is 0.461. The van der Waals surface area contributed by atoms with Crippen molar-refractivity contribution in [2.75, 3.05) is 24.3 Å². The van der Waals surface area contributed by atoms with Gasteiger partial charge in [-0.25, -0.2) is 9.78 Å². The molecule has 0 spiro atoms. The number of hydrogen-bond donors (Lipinski definition) is 2. The summed E-state index contributed by atoms with van der Waals surface area (Å²) in [6, 6.07) is 5.39. The minimum atomic E-state index is -0.670. The molecule has 1 aliphatic carbocycles. The van der Waals surface area contributed by atoms with Crippen LogP contribution in [0.3, 0.4) is 0 Å². The lowest BCUT2D eigenvalue weighted by atomic mass is 9.75. The maximum absolute atomic E-state index is 12.6. The molecule has 9 heteroatoms. The van der Waals surface area contributed by atoms with E-state index < -0.39 is 24.3 Å². The lowest BCUT2D eigenvalue weighted by Crippen LogP contribution is -2.41. The van der Waals surface area contributed by atoms with Crippen molar-refractivity contribution in [3.05, 3.63) is 35.5 Å². The van der Waals surface area contributed by atoms with Gasteiger partial charge in [0.05, 0.1) is 23.9 Å². The van der Waals surface area contributed by atoms with Gasteiger partial charge in [0.1, 0.15) is 5.82 Å². The highest BCUT2D eigenvalue weighted by Crippen LogP contribution is 2.37. The van der Waals surface area contributed by atoms with Crippen molar-refractivity contribution in [2.24, 2.45) is 5.92 Å². The zero-order valence-electron chi connectivity index (χ0n) is 20.3. The molecule has 1 aromatic carbocycles. The van der Waals surface area contributed by atoms with Crippen LogP contribution in [0.15, 0.2) is 24.4 Å². The number of carbonyl (C=O) groups is 1. The number of nitrogens with one attached hydrogen (secondary N) is 2. The molecule has 8 nitrogen and oxygen atoms in total. The Kier molecular flexibility index (Phi) is 6.38. The second kappa shape index (κ2) is 8.95. The fourth-order valence-electron chi connectivity index (χ4n) is 3.71. The average molecular weight is 452 g/mol. The second-order valence-corrected chi connectivity index (χ2v) is 9.89. The highest BCUT2D eigenvalue weighted by molar-refractivity contribution is 6.63. The molecule has 1 aromatic heterocycles. The summed E-state index contributed by atoms with van der Waals surface area (Å²) in [5.74, 6) is 1.66. The number of anilines is 3. The van der Waals surface area contributed by atoms with Crippen molar-refractivity contribution < 1.29 is 18.8 Å². The Morgan fingerprint density at radius 1 is 1.21 bits per heavy atom. The van der Waals surface area contributed by atoms with E-state index in [9.17, 15) is 4.79 Å². The Balaban J connectivity index is 1.55. The fourth-order valence-corrected chi connectivity index (χ4v) is 3.71. The molecular formula is C24H33BN4O4. The minimum absolute atomic E-state index is 0.371. The number of esters is 1. The largest absolute Gasteiger partial charge is 0.495 e. The lowest BCUT2D eigenvalue weighted by molar-refractivity contribution is 0.00578. The van der Waals surface area contributed by atoms with Crippen LogP contribution in [0, 0.1) is 12.8 Å². The van der Waals surface area contributed by atoms with Crippen molar-refractivity contribution in [1.29, 1.82) is 0 Å². The molecule has 1 saturated heterocycles. The Hall–Kier alpha value is -2.65. The van der Waals surface area contributed by atoms with E-state index >= 15 is 0 Å². The maximum Gasteiger partial charge on any atom is 0.495 e. The Morgan fingerprint density at radius 2 is 1.91 bits per heavy atom. The Morgan fingerprint density at radius 3 is 2.55 bits per heavy atom. The third-order valence-corrected chi connectivity index (χ3v) is 6.74. The van der Waals surface area contributed by atoms with Crippen LogP contribution in [0.4, 0.5) is 17.5 Å². The zero-order valence-corrected chi connectivity index (χ0v) is 20.3. The van der Waals surface area contributed by atoms with E-state index in [2.05, 4.69) is 20.6 Å². The molecule has 2 N–H and O–H groups in total. The standard InChI is InChI=1S/C24H33BN4O4/c1-15-14-27-22(29-20(15)26-12-11-16-7-8-16)28-17-9-10-19(18(13-17)21(30)31-6)25-32-23(2,3)24(4,5)33-25/h9-10,13-14,16H,7-8,11-12H2,1-6H3,(H2,26,27,28,29). The average Bonchev–Trinajstić information content (AvgIpc) is 3.55. The van der Waals surface area contributed by atoms with Crippen molar-refractivity contribution in [3.8, 4) is 0 Å². The van der Waals surface area contributed by atoms with E-state index in [4.69, 9.17) is 14.0 Å². The monoisotopic (exact) mass is 452 g/mol. The first-order chi connectivity index (χ1) is 15.6. The van der Waals surface area contributed by atoms with E-state index in [1.165, 1.54) is 20.0 Å². The highest BCUT2D eigenvalue weighted by atomic mass is 16.7. The molecule has 33 heavy (non-hydrogen) atoms. The molecule has 1 aliphatic heterocycles. The number of hydrogen-bond acceptors (Lipinski definition) is 8. The van der Waals surface area contributed by atoms with Gasteiger partial charge in [0, 0.05) is 24.0 Å². The third-order valence-electron chi connectivity index (χ3n) is 6.74. The fraction of sp³-hybridized carbons (Fsp3) is 0.542. The number of benzene rings is 1. The van der Waals surface area contributed by atoms with Crippen LogP contribution in [-0.4, -0.2) is 47.9 Å². The summed E-state index contributed by atoms with van der Waals surface area (Å²) in [4.78, 5) is 21.6. The van der Waals surface area contributed by atoms with Crippen molar-refractivity contribution in [1.82, 2.24) is 9.97 Å². The molecular weight excluding hydrogens is 419 g/mol. The van der Waals surface area contributed by atoms with E-state index in [-0.39, 0.29) is 0 Å². The summed E-state index contributed by atoms with van der Waals surface area (Å²) >= 11 is 0. The summed E-state index contributed by atoms with van der Waals surface area (Å²) in [5, 5.41) is 6.61. The highest BCUT2D eigenvalue weighted by Gasteiger charge is 2.52. The van der Waals surface area contributed by atoms with E-state index in [0.717, 1.165) is 30.3 Å². The topological polar surface area (TPSA) is 94.6 Å². The molecule has 1 saturated carbocycles. The molecule has 2 aromatic rings. The third kappa shape index (κ3) is 5.14. The molecule has 0 radical (unpaired) electrons. The van der Waals surface area contributed by atoms with Gasteiger partial charge in [-0.05, 0) is 64.6 Å². The number of methoxy groups -OCH3 is 1. The number of rotatable bonds is 8. The van der Waals surface area contributed by atoms with Gasteiger partial charge in [-0.15, -0.1) is 0 Å². The van der Waals surface area contributed by atoms with Gasteiger partial charge in [-0.1, -0.05) is 18.9 Å². The number of nitrogens with zero attached hydrogens (tertiary/aromatic N) is 2. The minimum Gasteiger partial charge on any atom is -0.465 e. The summed E-state index contributed by atoms with van der Waals surface area (Å²) in [6.07, 6.45) is 5.62. The first kappa shape index (κ1) is 23.5. The van der Waals surface area contributed by atoms with Gasteiger partial charge in [0.2, 0.25) is 5.95 Å². The van der Waals surface area contributed by atoms with Crippen molar-refractivity contribution >= 4 is 36.0 Å². The van der Waals surface area contributed by atoms with Crippen LogP contribution in [0.2, 0.25) is 0 Å². The number of aryl methyl sites for hydroxylation is 1. The van der Waals surface area contributed by atoms with E-state index in [1.54, 1.807) is 12.3 Å². The molecule has 2 heterocycles. The molecule has 176 valence electrons. The van der Waals surface area contributed by atoms with Gasteiger partial charge in [-0.3, -0.25) is 0 Å². The summed E-state index contributed by atoms with van der Waals surface area (Å²) in [7, 11) is 0.690. The Bertz CT molecular complexity index is 1020. The smallest absolute Gasteiger partial charge is 0.465 e. The van der Waals surface area contributed by atoms with Crippen LogP contribution in [0.25, 0.3) is 0 Å². The van der Waals surface area contributed by atoms with Crippen LogP contribution in [-0.2, 0) is 14.0 Å². The first-order valence-corrected chi connectivity index (χ1v) is 11.5. The Labute approximate surface area is 196 Å². The predicted molar refractivity (Wildman–Crippen MR) is 129 cm³/mol. The van der Waals surface area contributed by atoms with Gasteiger partial charge in [0.15, 0.2) is 0 Å². The van der Waals surface area contributed by atoms with Crippen LogP contribution in [0.5, 0.6) is 0 Å². The predicted octanol–water partition coefficient (Wildman–Crippen LogP) is 3.83. The molecule has 2 fully saturated rings. The molecule has 0 unspecified atom stereocenters. The molecule has 2 aliphatic rings. The summed E-state index contributed by atoms with van der Waals surface area (Å²) in [6.45, 7) is 10.8. The van der Waals surface area contributed by atoms with Gasteiger partial charge in [0.25, 0.3) is 0 Å². The SMILES string of the molecule is COC(=O)c1cc(Nc2ncc(C)c(NCCC3CC3)n2)ccc1B1OC(C)(C)C(C)(C)O1. The van der Waals surface area contributed by atoms with Crippen molar-refractivity contribution in [3.63, 3.8) is 0 Å². The summed E-state index contributed by atoms with van der Waals surface area (Å²) in [5.41, 5.74) is 1.63. The number of aromatic nitrogens is 2. The van der Waals surface area contributed by atoms with Crippen LogP contribution < -0.4 is 16.1 Å². The number of ether oxygens (including phenoxy) is 1. The van der Waals surface area contributed by atoms with E-state index in [0.29, 0.717) is 22.7 Å². The molecule has 0 atom stereocenters. The normalized spacial score (nSPS) is 18.8. The van der Waals surface area contributed by atoms with Gasteiger partial charge >= 0.3 is 13.1 Å². The first-order valence-electron chi connectivity index (χ1n) is 11.5. The van der Waals surface area contributed by atoms with E-state index in [1.807, 2.05) is 46.8 Å². The maximum atomic E-state index is 12.6. The number of carbonyl (C=O) groups excluding carboxylic acids is 1. The summed E-state index contributed by atoms with van der Waals surface area (Å²) < 4.78 is 17.3. The lowest BCUT2D eigenvalue weighted by Gasteiger charge is -2.32. The van der Waals surface area contributed by atoms with Crippen LogP contribution >= 0.6 is 0 Å². The van der Waals surface area contributed by atoms with Crippen LogP contribution in [0.1, 0.15) is 62.9 Å².